The van der Waals surface area contributed by atoms with Gasteiger partial charge in [0.25, 0.3) is 5.91 Å². The maximum absolute atomic E-state index is 14.3. The second-order valence-electron chi connectivity index (χ2n) is 11.4. The highest BCUT2D eigenvalue weighted by Gasteiger charge is 2.39. The predicted octanol–water partition coefficient (Wildman–Crippen LogP) is 5.49. The minimum absolute atomic E-state index is 0.0876. The van der Waals surface area contributed by atoms with Gasteiger partial charge in [0.2, 0.25) is 0 Å². The summed E-state index contributed by atoms with van der Waals surface area (Å²) in [6.07, 6.45) is 9.61. The monoisotopic (exact) mass is 602 g/mol. The molecule has 10 nitrogen and oxygen atoms in total. The number of rotatable bonds is 6. The number of hydrazine groups is 1. The van der Waals surface area contributed by atoms with Crippen LogP contribution in [0.25, 0.3) is 27.7 Å². The van der Waals surface area contributed by atoms with Gasteiger partial charge in [-0.15, -0.1) is 5.10 Å². The van der Waals surface area contributed by atoms with Crippen molar-refractivity contribution >= 4 is 39.9 Å². The summed E-state index contributed by atoms with van der Waals surface area (Å²) < 4.78 is 21.9. The van der Waals surface area contributed by atoms with Crippen LogP contribution in [0, 0.1) is 11.2 Å². The van der Waals surface area contributed by atoms with Crippen LogP contribution in [-0.4, -0.2) is 68.5 Å². The number of hydrogen-bond donors (Lipinski definition) is 2. The number of fused-ring (bicyclic) bond motifs is 3. The number of ether oxygens (including phenoxy) is 1. The number of piperidine rings is 2. The minimum Gasteiger partial charge on any atom is -0.492 e. The smallest absolute Gasteiger partial charge is 0.270 e. The van der Waals surface area contributed by atoms with Crippen LogP contribution >= 0.6 is 11.6 Å². The molecule has 2 fully saturated rings. The third kappa shape index (κ3) is 5.16. The fourth-order valence-corrected chi connectivity index (χ4v) is 6.82. The quantitative estimate of drug-likeness (QED) is 0.265. The first-order valence-corrected chi connectivity index (χ1v) is 15.0. The average molecular weight is 603 g/mol. The van der Waals surface area contributed by atoms with Gasteiger partial charge in [-0.25, -0.2) is 18.9 Å². The first kappa shape index (κ1) is 27.6. The Morgan fingerprint density at radius 3 is 2.79 bits per heavy atom. The van der Waals surface area contributed by atoms with Gasteiger partial charge in [-0.3, -0.25) is 15.3 Å². The number of halogens is 2. The summed E-state index contributed by atoms with van der Waals surface area (Å²) in [5, 5.41) is 14.7. The van der Waals surface area contributed by atoms with Crippen molar-refractivity contribution in [3.8, 4) is 16.9 Å². The van der Waals surface area contributed by atoms with E-state index >= 15 is 0 Å². The van der Waals surface area contributed by atoms with Gasteiger partial charge in [0.15, 0.2) is 5.65 Å². The molecular formula is C31H32ClFN8O2. The molecule has 0 saturated carbocycles. The number of carbonyl (C=O) groups excluding carboxylic acids is 1. The van der Waals surface area contributed by atoms with Gasteiger partial charge in [-0.1, -0.05) is 17.7 Å². The standard InChI is InChI=1S/C31H32ClFN8O2/c1-2-43-21-15-22(28-23-17-35-36-29(23)37-41(28)18-21)20-7-8-26(34-16-20)39-13-10-31(11-14-39)9-4-12-40(19-31)38-30(42)27-24(32)5-3-6-25(27)33/h3,5-8,15-18H,2,4,9-14,19H2,1H3,(H,36,37)(H,38,42). The maximum Gasteiger partial charge on any atom is 0.270 e. The molecule has 222 valence electrons. The van der Waals surface area contributed by atoms with E-state index in [1.165, 1.54) is 18.2 Å². The topological polar surface area (TPSA) is 104 Å². The molecule has 7 rings (SSSR count). The number of benzene rings is 1. The first-order chi connectivity index (χ1) is 20.9. The van der Waals surface area contributed by atoms with E-state index in [0.717, 1.165) is 91.1 Å². The molecule has 0 atom stereocenters. The number of pyridine rings is 2. The lowest BCUT2D eigenvalue weighted by Gasteiger charge is -2.47. The Bertz CT molecular complexity index is 1780. The molecule has 0 aliphatic carbocycles. The molecule has 2 saturated heterocycles. The van der Waals surface area contributed by atoms with Crippen LogP contribution in [0.1, 0.15) is 43.0 Å². The van der Waals surface area contributed by atoms with E-state index < -0.39 is 11.7 Å². The number of nitrogens with zero attached hydrogens (tertiary/aromatic N) is 6. The van der Waals surface area contributed by atoms with E-state index in [0.29, 0.717) is 6.61 Å². The van der Waals surface area contributed by atoms with Gasteiger partial charge in [0.1, 0.15) is 17.4 Å². The number of aromatic nitrogens is 5. The van der Waals surface area contributed by atoms with Gasteiger partial charge < -0.3 is 9.64 Å². The van der Waals surface area contributed by atoms with E-state index in [1.807, 2.05) is 34.9 Å². The molecule has 1 spiro atoms. The summed E-state index contributed by atoms with van der Waals surface area (Å²) in [5.41, 5.74) is 6.51. The Labute approximate surface area is 252 Å². The molecule has 4 aromatic heterocycles. The molecule has 1 aromatic carbocycles. The number of nitrogens with one attached hydrogen (secondary N) is 2. The van der Waals surface area contributed by atoms with Crippen LogP contribution in [0.5, 0.6) is 5.75 Å². The Hall–Kier alpha value is -4.22. The van der Waals surface area contributed by atoms with E-state index in [-0.39, 0.29) is 16.0 Å². The van der Waals surface area contributed by atoms with Crippen molar-refractivity contribution in [2.24, 2.45) is 5.41 Å². The maximum atomic E-state index is 14.3. The van der Waals surface area contributed by atoms with Crippen molar-refractivity contribution in [1.29, 1.82) is 0 Å². The van der Waals surface area contributed by atoms with Crippen molar-refractivity contribution in [3.05, 3.63) is 71.4 Å². The summed E-state index contributed by atoms with van der Waals surface area (Å²) >= 11 is 6.12. The van der Waals surface area contributed by atoms with E-state index in [4.69, 9.17) is 21.3 Å². The zero-order valence-electron chi connectivity index (χ0n) is 23.8. The second-order valence-corrected chi connectivity index (χ2v) is 11.8. The number of amides is 1. The molecule has 43 heavy (non-hydrogen) atoms. The first-order valence-electron chi connectivity index (χ1n) is 14.6. The Balaban J connectivity index is 1.05. The number of H-pyrrole nitrogens is 1. The summed E-state index contributed by atoms with van der Waals surface area (Å²) in [4.78, 5) is 20.0. The highest BCUT2D eigenvalue weighted by Crippen LogP contribution is 2.41. The van der Waals surface area contributed by atoms with Gasteiger partial charge in [0, 0.05) is 43.5 Å². The summed E-state index contributed by atoms with van der Waals surface area (Å²) in [6.45, 7) is 5.72. The molecule has 6 heterocycles. The zero-order chi connectivity index (χ0) is 29.6. The Kier molecular flexibility index (Phi) is 7.14. The molecule has 1 amide bonds. The number of anilines is 1. The second kappa shape index (κ2) is 11.1. The molecule has 5 aromatic rings. The van der Waals surface area contributed by atoms with Crippen LogP contribution in [0.2, 0.25) is 5.02 Å². The molecule has 2 aliphatic heterocycles. The largest absolute Gasteiger partial charge is 0.492 e. The van der Waals surface area contributed by atoms with Crippen molar-refractivity contribution in [3.63, 3.8) is 0 Å². The fraction of sp³-hybridized carbons (Fsp3) is 0.355. The lowest BCUT2D eigenvalue weighted by molar-refractivity contribution is 0.0285. The molecule has 0 radical (unpaired) electrons. The van der Waals surface area contributed by atoms with Crippen molar-refractivity contribution in [1.82, 2.24) is 35.2 Å². The Morgan fingerprint density at radius 1 is 1.16 bits per heavy atom. The highest BCUT2D eigenvalue weighted by atomic mass is 35.5. The van der Waals surface area contributed by atoms with Crippen LogP contribution in [0.15, 0.2) is 55.0 Å². The van der Waals surface area contributed by atoms with Gasteiger partial charge in [0.05, 0.1) is 40.5 Å². The molecule has 0 bridgehead atoms. The average Bonchev–Trinajstić information content (AvgIpc) is 3.59. The normalized spacial score (nSPS) is 17.1. The van der Waals surface area contributed by atoms with Crippen LogP contribution in [0.3, 0.4) is 0 Å². The third-order valence-corrected chi connectivity index (χ3v) is 9.05. The number of hydrogen-bond acceptors (Lipinski definition) is 7. The minimum atomic E-state index is -0.616. The number of carbonyl (C=O) groups is 1. The summed E-state index contributed by atoms with van der Waals surface area (Å²) in [5.74, 6) is 0.557. The third-order valence-electron chi connectivity index (χ3n) is 8.73. The van der Waals surface area contributed by atoms with Gasteiger partial charge >= 0.3 is 0 Å². The molecule has 12 heteroatoms. The Morgan fingerprint density at radius 2 is 2.02 bits per heavy atom. The fourth-order valence-electron chi connectivity index (χ4n) is 6.57. The predicted molar refractivity (Wildman–Crippen MR) is 163 cm³/mol. The van der Waals surface area contributed by atoms with Crippen molar-refractivity contribution in [2.45, 2.75) is 32.6 Å². The van der Waals surface area contributed by atoms with Crippen LogP contribution in [0.4, 0.5) is 10.2 Å². The lowest BCUT2D eigenvalue weighted by atomic mass is 9.73. The van der Waals surface area contributed by atoms with Crippen molar-refractivity contribution in [2.75, 3.05) is 37.7 Å². The zero-order valence-corrected chi connectivity index (χ0v) is 24.6. The molecular weight excluding hydrogens is 571 g/mol. The van der Waals surface area contributed by atoms with Gasteiger partial charge in [-0.2, -0.15) is 5.10 Å². The van der Waals surface area contributed by atoms with Crippen molar-refractivity contribution < 1.29 is 13.9 Å². The van der Waals surface area contributed by atoms with E-state index in [9.17, 15) is 9.18 Å². The number of aromatic amines is 1. The molecule has 2 aliphatic rings. The lowest BCUT2D eigenvalue weighted by Crippen LogP contribution is -2.55. The molecule has 0 unspecified atom stereocenters. The van der Waals surface area contributed by atoms with E-state index in [2.05, 4.69) is 37.8 Å². The van der Waals surface area contributed by atoms with Gasteiger partial charge in [-0.05, 0) is 68.4 Å². The highest BCUT2D eigenvalue weighted by molar-refractivity contribution is 6.33. The molecule has 2 N–H and O–H groups in total. The SMILES string of the molecule is CCOc1cc(-c2ccc(N3CCC4(CCCN(NC(=O)c5c(F)cccc5Cl)C4)CC3)nc2)c2c3cn[nH]c3nn2c1. The summed E-state index contributed by atoms with van der Waals surface area (Å²) in [7, 11) is 0. The van der Waals surface area contributed by atoms with E-state index in [1.54, 1.807) is 6.20 Å². The van der Waals surface area contributed by atoms with Crippen LogP contribution < -0.4 is 15.1 Å². The summed E-state index contributed by atoms with van der Waals surface area (Å²) in [6, 6.07) is 10.5. The van der Waals surface area contributed by atoms with Crippen LogP contribution in [-0.2, 0) is 0 Å².